The second-order valence-corrected chi connectivity index (χ2v) is 9.60. The van der Waals surface area contributed by atoms with E-state index in [9.17, 15) is 0 Å². The standard InChI is InChI=1S/C16H30S2/c1-14(2)9-11-15(17)7-5-3-4-6-8-16(18,13-15)12-10-14/h17-18H,3-13H2,1-2H3. The summed E-state index contributed by atoms with van der Waals surface area (Å²) in [5.41, 5.74) is 0.483. The topological polar surface area (TPSA) is 0 Å². The van der Waals surface area contributed by atoms with Crippen LogP contribution in [0.4, 0.5) is 0 Å². The molecule has 0 radical (unpaired) electrons. The molecular weight excluding hydrogens is 256 g/mol. The molecule has 0 aromatic carbocycles. The Balaban J connectivity index is 2.20. The second-order valence-electron chi connectivity index (χ2n) is 7.70. The van der Waals surface area contributed by atoms with E-state index in [4.69, 9.17) is 25.3 Å². The fourth-order valence-electron chi connectivity index (χ4n) is 3.74. The molecule has 0 N–H and O–H groups in total. The van der Waals surface area contributed by atoms with Crippen LogP contribution in [0.3, 0.4) is 0 Å². The Hall–Kier alpha value is 0.700. The molecule has 2 atom stereocenters. The fourth-order valence-corrected chi connectivity index (χ4v) is 5.01. The van der Waals surface area contributed by atoms with Gasteiger partial charge >= 0.3 is 0 Å². The van der Waals surface area contributed by atoms with Crippen LogP contribution in [-0.2, 0) is 0 Å². The van der Waals surface area contributed by atoms with Gasteiger partial charge in [-0.15, -0.1) is 0 Å². The Morgan fingerprint density at radius 2 is 1.06 bits per heavy atom. The number of hydrogen-bond donors (Lipinski definition) is 2. The molecule has 0 aromatic heterocycles. The van der Waals surface area contributed by atoms with E-state index >= 15 is 0 Å². The lowest BCUT2D eigenvalue weighted by Crippen LogP contribution is -2.38. The van der Waals surface area contributed by atoms with Crippen molar-refractivity contribution in [2.75, 3.05) is 0 Å². The number of rotatable bonds is 0. The Morgan fingerprint density at radius 1 is 0.611 bits per heavy atom. The zero-order valence-corrected chi connectivity index (χ0v) is 14.0. The third kappa shape index (κ3) is 4.10. The van der Waals surface area contributed by atoms with E-state index in [-0.39, 0.29) is 9.49 Å². The van der Waals surface area contributed by atoms with Gasteiger partial charge in [0.15, 0.2) is 0 Å². The number of fused-ring (bicyclic) bond motifs is 2. The van der Waals surface area contributed by atoms with Gasteiger partial charge in [0, 0.05) is 9.49 Å². The van der Waals surface area contributed by atoms with Gasteiger partial charge in [-0.25, -0.2) is 0 Å². The first kappa shape index (κ1) is 15.1. The second kappa shape index (κ2) is 5.60. The van der Waals surface area contributed by atoms with Crippen LogP contribution in [0.5, 0.6) is 0 Å². The van der Waals surface area contributed by atoms with Crippen molar-refractivity contribution in [3.05, 3.63) is 0 Å². The van der Waals surface area contributed by atoms with Gasteiger partial charge in [0.2, 0.25) is 0 Å². The summed E-state index contributed by atoms with van der Waals surface area (Å²) in [6, 6.07) is 0. The molecule has 0 amide bonds. The largest absolute Gasteiger partial charge is 0.172 e. The van der Waals surface area contributed by atoms with Gasteiger partial charge in [0.1, 0.15) is 0 Å². The lowest BCUT2D eigenvalue weighted by Gasteiger charge is -2.44. The number of thiol groups is 2. The van der Waals surface area contributed by atoms with Crippen LogP contribution < -0.4 is 0 Å². The van der Waals surface area contributed by atoms with E-state index in [0.29, 0.717) is 5.41 Å². The minimum absolute atomic E-state index is 0.254. The first-order valence-electron chi connectivity index (χ1n) is 7.78. The van der Waals surface area contributed by atoms with E-state index in [1.54, 1.807) is 0 Å². The van der Waals surface area contributed by atoms with E-state index in [0.717, 1.165) is 0 Å². The highest BCUT2D eigenvalue weighted by Gasteiger charge is 2.40. The van der Waals surface area contributed by atoms with E-state index in [2.05, 4.69) is 13.8 Å². The van der Waals surface area contributed by atoms with E-state index in [1.807, 2.05) is 0 Å². The summed E-state index contributed by atoms with van der Waals surface area (Å²) in [5.74, 6) is 0. The minimum atomic E-state index is 0.254. The molecule has 0 aromatic rings. The molecule has 18 heavy (non-hydrogen) atoms. The van der Waals surface area contributed by atoms with Crippen molar-refractivity contribution >= 4 is 25.3 Å². The lowest BCUT2D eigenvalue weighted by atomic mass is 9.71. The van der Waals surface area contributed by atoms with Crippen LogP contribution in [0, 0.1) is 5.41 Å². The highest BCUT2D eigenvalue weighted by molar-refractivity contribution is 7.82. The average Bonchev–Trinajstić information content (AvgIpc) is 2.35. The van der Waals surface area contributed by atoms with Crippen molar-refractivity contribution < 1.29 is 0 Å². The van der Waals surface area contributed by atoms with Crippen molar-refractivity contribution in [1.29, 1.82) is 0 Å². The Morgan fingerprint density at radius 3 is 1.50 bits per heavy atom. The number of hydrogen-bond acceptors (Lipinski definition) is 2. The van der Waals surface area contributed by atoms with Crippen molar-refractivity contribution in [3.8, 4) is 0 Å². The maximum Gasteiger partial charge on any atom is 0.0143 e. The molecule has 2 saturated carbocycles. The predicted octanol–water partition coefficient (Wildman–Crippen LogP) is 5.67. The molecule has 0 aliphatic heterocycles. The van der Waals surface area contributed by atoms with Crippen LogP contribution in [0.25, 0.3) is 0 Å². The van der Waals surface area contributed by atoms with Crippen molar-refractivity contribution in [1.82, 2.24) is 0 Å². The van der Waals surface area contributed by atoms with Crippen LogP contribution >= 0.6 is 25.3 Å². The zero-order chi connectivity index (χ0) is 13.3. The minimum Gasteiger partial charge on any atom is -0.172 e. The van der Waals surface area contributed by atoms with Gasteiger partial charge in [-0.1, -0.05) is 39.5 Å². The summed E-state index contributed by atoms with van der Waals surface area (Å²) in [6.07, 6.45) is 14.6. The van der Waals surface area contributed by atoms with E-state index in [1.165, 1.54) is 70.6 Å². The average molecular weight is 287 g/mol. The molecule has 0 heterocycles. The summed E-state index contributed by atoms with van der Waals surface area (Å²) in [4.78, 5) is 0. The van der Waals surface area contributed by atoms with Crippen LogP contribution in [0.1, 0.15) is 84.5 Å². The van der Waals surface area contributed by atoms with Gasteiger partial charge < -0.3 is 0 Å². The van der Waals surface area contributed by atoms with Crippen LogP contribution in [0.15, 0.2) is 0 Å². The lowest BCUT2D eigenvalue weighted by molar-refractivity contribution is 0.213. The molecule has 2 heteroatoms. The maximum absolute atomic E-state index is 5.12. The van der Waals surface area contributed by atoms with Gasteiger partial charge in [0.05, 0.1) is 0 Å². The molecule has 2 bridgehead atoms. The van der Waals surface area contributed by atoms with Gasteiger partial charge in [-0.2, -0.15) is 25.3 Å². The highest BCUT2D eigenvalue weighted by atomic mass is 32.1. The molecule has 0 spiro atoms. The smallest absolute Gasteiger partial charge is 0.0143 e. The quantitative estimate of drug-likeness (QED) is 0.527. The Labute approximate surface area is 125 Å². The fraction of sp³-hybridized carbons (Fsp3) is 1.00. The first-order valence-corrected chi connectivity index (χ1v) is 8.67. The normalized spacial score (nSPS) is 42.0. The monoisotopic (exact) mass is 286 g/mol. The zero-order valence-electron chi connectivity index (χ0n) is 12.2. The molecular formula is C16H30S2. The van der Waals surface area contributed by atoms with E-state index < -0.39 is 0 Å². The molecule has 106 valence electrons. The third-order valence-corrected chi connectivity index (χ3v) is 6.44. The van der Waals surface area contributed by atoms with Gasteiger partial charge in [-0.05, 0) is 50.4 Å². The molecule has 0 nitrogen and oxygen atoms in total. The highest BCUT2D eigenvalue weighted by Crippen LogP contribution is 2.49. The summed E-state index contributed by atoms with van der Waals surface area (Å²) < 4.78 is 0.507. The van der Waals surface area contributed by atoms with Crippen molar-refractivity contribution in [2.45, 2.75) is 94.0 Å². The first-order chi connectivity index (χ1) is 8.33. The summed E-state index contributed by atoms with van der Waals surface area (Å²) in [6.45, 7) is 4.86. The molecule has 0 saturated heterocycles. The van der Waals surface area contributed by atoms with Gasteiger partial charge in [-0.3, -0.25) is 0 Å². The van der Waals surface area contributed by atoms with Crippen LogP contribution in [-0.4, -0.2) is 9.49 Å². The Kier molecular flexibility index (Phi) is 4.69. The van der Waals surface area contributed by atoms with Crippen molar-refractivity contribution in [2.24, 2.45) is 5.41 Å². The van der Waals surface area contributed by atoms with Gasteiger partial charge in [0.25, 0.3) is 0 Å². The molecule has 2 fully saturated rings. The molecule has 2 unspecified atom stereocenters. The summed E-state index contributed by atoms with van der Waals surface area (Å²) in [7, 11) is 0. The molecule has 2 aliphatic carbocycles. The third-order valence-electron chi connectivity index (χ3n) is 5.23. The van der Waals surface area contributed by atoms with Crippen molar-refractivity contribution in [3.63, 3.8) is 0 Å². The molecule has 2 aliphatic rings. The Bertz CT molecular complexity index is 261. The SMILES string of the molecule is CC1(C)CCC2(S)CCCCCCC(S)(CC1)C2. The summed E-state index contributed by atoms with van der Waals surface area (Å²) >= 11 is 10.2. The van der Waals surface area contributed by atoms with Crippen LogP contribution in [0.2, 0.25) is 0 Å². The summed E-state index contributed by atoms with van der Waals surface area (Å²) in [5, 5.41) is 0. The predicted molar refractivity (Wildman–Crippen MR) is 88.0 cm³/mol. The molecule has 2 rings (SSSR count). The maximum atomic E-state index is 5.12.